The largest absolute Gasteiger partial charge is 0.398 e. The zero-order chi connectivity index (χ0) is 13.6. The summed E-state index contributed by atoms with van der Waals surface area (Å²) in [6, 6.07) is 4.93. The Morgan fingerprint density at radius 1 is 1.32 bits per heavy atom. The van der Waals surface area contributed by atoms with Crippen LogP contribution in [-0.2, 0) is 6.54 Å². The molecule has 0 saturated carbocycles. The van der Waals surface area contributed by atoms with Crippen LogP contribution in [0.3, 0.4) is 0 Å². The lowest BCUT2D eigenvalue weighted by molar-refractivity contribution is 0.0642. The molecular formula is C13H11N3O2S. The third-order valence-corrected chi connectivity index (χ3v) is 3.94. The highest BCUT2D eigenvalue weighted by atomic mass is 32.1. The van der Waals surface area contributed by atoms with Gasteiger partial charge in [0.15, 0.2) is 0 Å². The number of fused-ring (bicyclic) bond motifs is 1. The monoisotopic (exact) mass is 273 g/mol. The zero-order valence-electron chi connectivity index (χ0n) is 10.2. The van der Waals surface area contributed by atoms with Crippen LogP contribution in [0.25, 0.3) is 0 Å². The summed E-state index contributed by atoms with van der Waals surface area (Å²) in [5, 5.41) is 2.63. The molecule has 1 aromatic heterocycles. The Labute approximate surface area is 113 Å². The average molecular weight is 273 g/mol. The van der Waals surface area contributed by atoms with Crippen LogP contribution in [-0.4, -0.2) is 21.7 Å². The fourth-order valence-electron chi connectivity index (χ4n) is 2.11. The van der Waals surface area contributed by atoms with Gasteiger partial charge in [0.25, 0.3) is 11.8 Å². The van der Waals surface area contributed by atoms with Gasteiger partial charge in [-0.2, -0.15) is 0 Å². The highest BCUT2D eigenvalue weighted by Gasteiger charge is 2.37. The molecule has 0 spiro atoms. The van der Waals surface area contributed by atoms with Crippen molar-refractivity contribution in [2.75, 3.05) is 5.73 Å². The summed E-state index contributed by atoms with van der Waals surface area (Å²) in [6.07, 6.45) is 0. The van der Waals surface area contributed by atoms with Crippen molar-refractivity contribution in [1.29, 1.82) is 0 Å². The summed E-state index contributed by atoms with van der Waals surface area (Å²) in [5.74, 6) is -0.647. The molecule has 2 amide bonds. The molecule has 0 fully saturated rings. The molecule has 1 aliphatic heterocycles. The Bertz CT molecular complexity index is 693. The lowest BCUT2D eigenvalue weighted by Gasteiger charge is -2.11. The van der Waals surface area contributed by atoms with Crippen molar-refractivity contribution in [3.8, 4) is 0 Å². The quantitative estimate of drug-likeness (QED) is 0.669. The minimum atomic E-state index is -0.342. The standard InChI is InChI=1S/C13H11N3O2S/c1-7-6-19-10(15-7)5-16-12(17)8-3-2-4-9(14)11(8)13(16)18/h2-4,6H,5,14H2,1H3. The number of rotatable bonds is 2. The average Bonchev–Trinajstić information content (AvgIpc) is 2.88. The Kier molecular flexibility index (Phi) is 2.60. The number of benzene rings is 1. The fraction of sp³-hybridized carbons (Fsp3) is 0.154. The maximum Gasteiger partial charge on any atom is 0.264 e. The molecule has 1 aromatic carbocycles. The number of hydrogen-bond acceptors (Lipinski definition) is 5. The van der Waals surface area contributed by atoms with Crippen LogP contribution in [0.5, 0.6) is 0 Å². The SMILES string of the molecule is Cc1csc(CN2C(=O)c3cccc(N)c3C2=O)n1. The van der Waals surface area contributed by atoms with Crippen LogP contribution in [0.2, 0.25) is 0 Å². The number of carbonyl (C=O) groups is 2. The Morgan fingerprint density at radius 2 is 2.11 bits per heavy atom. The van der Waals surface area contributed by atoms with Gasteiger partial charge in [0, 0.05) is 16.8 Å². The lowest BCUT2D eigenvalue weighted by Crippen LogP contribution is -2.29. The lowest BCUT2D eigenvalue weighted by atomic mass is 10.1. The molecule has 0 bridgehead atoms. The smallest absolute Gasteiger partial charge is 0.264 e. The van der Waals surface area contributed by atoms with Gasteiger partial charge in [-0.3, -0.25) is 14.5 Å². The molecule has 0 saturated heterocycles. The van der Waals surface area contributed by atoms with Crippen molar-refractivity contribution in [1.82, 2.24) is 9.88 Å². The van der Waals surface area contributed by atoms with E-state index in [-0.39, 0.29) is 18.4 Å². The van der Waals surface area contributed by atoms with E-state index < -0.39 is 0 Å². The molecule has 0 radical (unpaired) electrons. The fourth-order valence-corrected chi connectivity index (χ4v) is 2.87. The van der Waals surface area contributed by atoms with Gasteiger partial charge in [0.1, 0.15) is 5.01 Å². The van der Waals surface area contributed by atoms with Gasteiger partial charge in [-0.15, -0.1) is 11.3 Å². The summed E-state index contributed by atoms with van der Waals surface area (Å²) in [5.41, 5.74) is 7.68. The van der Waals surface area contributed by atoms with Crippen LogP contribution in [0.4, 0.5) is 5.69 Å². The van der Waals surface area contributed by atoms with Crippen molar-refractivity contribution in [2.45, 2.75) is 13.5 Å². The van der Waals surface area contributed by atoms with Gasteiger partial charge in [-0.1, -0.05) is 6.07 Å². The summed E-state index contributed by atoms with van der Waals surface area (Å²) in [4.78, 5) is 29.9. The van der Waals surface area contributed by atoms with Gasteiger partial charge in [0.2, 0.25) is 0 Å². The summed E-state index contributed by atoms with van der Waals surface area (Å²) in [6.45, 7) is 2.07. The second kappa shape index (κ2) is 4.17. The van der Waals surface area contributed by atoms with E-state index in [0.717, 1.165) is 10.7 Å². The van der Waals surface area contributed by atoms with E-state index in [1.807, 2.05) is 12.3 Å². The van der Waals surface area contributed by atoms with E-state index >= 15 is 0 Å². The molecule has 96 valence electrons. The molecule has 2 heterocycles. The number of nitrogens with two attached hydrogens (primary N) is 1. The van der Waals surface area contributed by atoms with Gasteiger partial charge in [-0.05, 0) is 19.1 Å². The molecule has 0 aliphatic carbocycles. The van der Waals surface area contributed by atoms with E-state index in [9.17, 15) is 9.59 Å². The number of hydrogen-bond donors (Lipinski definition) is 1. The highest BCUT2D eigenvalue weighted by Crippen LogP contribution is 2.29. The predicted octanol–water partition coefficient (Wildman–Crippen LogP) is 1.83. The predicted molar refractivity (Wildman–Crippen MR) is 71.9 cm³/mol. The van der Waals surface area contributed by atoms with Crippen molar-refractivity contribution in [3.63, 3.8) is 0 Å². The minimum Gasteiger partial charge on any atom is -0.398 e. The summed E-state index contributed by atoms with van der Waals surface area (Å²) < 4.78 is 0. The topological polar surface area (TPSA) is 76.3 Å². The normalized spacial score (nSPS) is 14.1. The van der Waals surface area contributed by atoms with Gasteiger partial charge >= 0.3 is 0 Å². The summed E-state index contributed by atoms with van der Waals surface area (Å²) in [7, 11) is 0. The first-order chi connectivity index (χ1) is 9.08. The molecular weight excluding hydrogens is 262 g/mol. The van der Waals surface area contributed by atoms with Crippen LogP contribution < -0.4 is 5.73 Å². The molecule has 0 atom stereocenters. The molecule has 0 unspecified atom stereocenters. The van der Waals surface area contributed by atoms with Crippen molar-refractivity contribution in [2.24, 2.45) is 0 Å². The number of nitrogen functional groups attached to an aromatic ring is 1. The Balaban J connectivity index is 1.97. The number of nitrogens with zero attached hydrogens (tertiary/aromatic N) is 2. The van der Waals surface area contributed by atoms with E-state index in [4.69, 9.17) is 5.73 Å². The third-order valence-electron chi connectivity index (χ3n) is 2.99. The Morgan fingerprint density at radius 3 is 2.74 bits per heavy atom. The number of thiazole rings is 1. The second-order valence-electron chi connectivity index (χ2n) is 4.35. The van der Waals surface area contributed by atoms with Crippen molar-refractivity contribution >= 4 is 28.8 Å². The van der Waals surface area contributed by atoms with Crippen molar-refractivity contribution < 1.29 is 9.59 Å². The number of imide groups is 1. The van der Waals surface area contributed by atoms with E-state index in [1.54, 1.807) is 18.2 Å². The maximum absolute atomic E-state index is 12.2. The first-order valence-corrected chi connectivity index (χ1v) is 6.61. The van der Waals surface area contributed by atoms with Gasteiger partial charge < -0.3 is 5.73 Å². The van der Waals surface area contributed by atoms with Gasteiger partial charge in [0.05, 0.1) is 17.7 Å². The first-order valence-electron chi connectivity index (χ1n) is 5.73. The van der Waals surface area contributed by atoms with Gasteiger partial charge in [-0.25, -0.2) is 4.98 Å². The zero-order valence-corrected chi connectivity index (χ0v) is 11.0. The molecule has 6 heteroatoms. The maximum atomic E-state index is 12.2. The number of anilines is 1. The van der Waals surface area contributed by atoms with Crippen LogP contribution >= 0.6 is 11.3 Å². The molecule has 3 rings (SSSR count). The van der Waals surface area contributed by atoms with E-state index in [0.29, 0.717) is 16.8 Å². The molecule has 5 nitrogen and oxygen atoms in total. The third kappa shape index (κ3) is 1.80. The first kappa shape index (κ1) is 11.9. The number of aryl methyl sites for hydroxylation is 1. The Hall–Kier alpha value is -2.21. The second-order valence-corrected chi connectivity index (χ2v) is 5.29. The number of aromatic nitrogens is 1. The van der Waals surface area contributed by atoms with Crippen LogP contribution in [0.15, 0.2) is 23.6 Å². The van der Waals surface area contributed by atoms with Crippen molar-refractivity contribution in [3.05, 3.63) is 45.4 Å². The summed E-state index contributed by atoms with van der Waals surface area (Å²) >= 11 is 1.43. The molecule has 2 N–H and O–H groups in total. The number of carbonyl (C=O) groups excluding carboxylic acids is 2. The molecule has 1 aliphatic rings. The molecule has 19 heavy (non-hydrogen) atoms. The minimum absolute atomic E-state index is 0.199. The van der Waals surface area contributed by atoms with Crippen LogP contribution in [0.1, 0.15) is 31.4 Å². The van der Waals surface area contributed by atoms with E-state index in [1.165, 1.54) is 16.2 Å². The highest BCUT2D eigenvalue weighted by molar-refractivity contribution is 7.09. The number of amides is 2. The van der Waals surface area contributed by atoms with E-state index in [2.05, 4.69) is 4.98 Å². The molecule has 2 aromatic rings. The van der Waals surface area contributed by atoms with Crippen LogP contribution in [0, 0.1) is 6.92 Å².